The van der Waals surface area contributed by atoms with Gasteiger partial charge in [0, 0.05) is 32.2 Å². The lowest BCUT2D eigenvalue weighted by molar-refractivity contribution is -0.142. The number of furan rings is 1. The van der Waals surface area contributed by atoms with Crippen LogP contribution in [0.1, 0.15) is 6.92 Å². The Labute approximate surface area is 148 Å². The second-order valence-electron chi connectivity index (χ2n) is 6.19. The summed E-state index contributed by atoms with van der Waals surface area (Å²) in [6.07, 6.45) is 1.56. The van der Waals surface area contributed by atoms with Crippen molar-refractivity contribution in [3.8, 4) is 11.6 Å². The summed E-state index contributed by atoms with van der Waals surface area (Å²) < 4.78 is 6.80. The molecule has 0 amide bonds. The van der Waals surface area contributed by atoms with Crippen molar-refractivity contribution in [1.29, 1.82) is 0 Å². The third-order valence-corrected chi connectivity index (χ3v) is 4.62. The van der Waals surface area contributed by atoms with Gasteiger partial charge in [-0.3, -0.25) is 9.69 Å². The molecule has 0 bridgehead atoms. The quantitative estimate of drug-likeness (QED) is 0.688. The molecule has 4 heterocycles. The molecule has 3 aromatic rings. The number of aromatic nitrogens is 4. The van der Waals surface area contributed by atoms with E-state index in [0.29, 0.717) is 49.2 Å². The minimum absolute atomic E-state index is 0.240. The molecule has 10 heteroatoms. The maximum Gasteiger partial charge on any atom is 0.320 e. The van der Waals surface area contributed by atoms with Gasteiger partial charge in [0.15, 0.2) is 11.4 Å². The van der Waals surface area contributed by atoms with Crippen LogP contribution in [0.2, 0.25) is 0 Å². The normalized spacial score (nSPS) is 16.9. The summed E-state index contributed by atoms with van der Waals surface area (Å²) in [5.74, 6) is 1.14. The standard InChI is InChI=1S/C16H19N7O3/c1-10(15(24)25)21-4-6-22(7-5-21)12-9-13-18-14(11-3-2-8-26-11)20-23(13)16(17)19-12/h2-3,8-10H,4-7H2,1H3,(H2,17,19)(H,24,25). The smallest absolute Gasteiger partial charge is 0.320 e. The first-order valence-corrected chi connectivity index (χ1v) is 8.32. The molecule has 3 N–H and O–H groups in total. The molecule has 3 aromatic heterocycles. The number of hydrogen-bond donors (Lipinski definition) is 2. The van der Waals surface area contributed by atoms with Gasteiger partial charge in [-0.25, -0.2) is 4.98 Å². The average Bonchev–Trinajstić information content (AvgIpc) is 3.30. The van der Waals surface area contributed by atoms with Crippen LogP contribution in [0.4, 0.5) is 11.8 Å². The summed E-state index contributed by atoms with van der Waals surface area (Å²) in [6.45, 7) is 4.32. The summed E-state index contributed by atoms with van der Waals surface area (Å²) in [5, 5.41) is 13.5. The fraction of sp³-hybridized carbons (Fsp3) is 0.375. The number of anilines is 2. The molecule has 0 spiro atoms. The number of hydrogen-bond acceptors (Lipinski definition) is 8. The molecule has 136 valence electrons. The fourth-order valence-corrected chi connectivity index (χ4v) is 3.07. The van der Waals surface area contributed by atoms with Gasteiger partial charge in [-0.1, -0.05) is 0 Å². The highest BCUT2D eigenvalue weighted by Gasteiger charge is 2.26. The van der Waals surface area contributed by atoms with E-state index in [4.69, 9.17) is 15.3 Å². The number of carbonyl (C=O) groups is 1. The Morgan fingerprint density at radius 1 is 1.31 bits per heavy atom. The van der Waals surface area contributed by atoms with Crippen molar-refractivity contribution in [3.63, 3.8) is 0 Å². The SMILES string of the molecule is CC(C(=O)O)N1CCN(c2cc3nc(-c4ccco4)nn3c(N)n2)CC1. The van der Waals surface area contributed by atoms with Crippen LogP contribution in [0.5, 0.6) is 0 Å². The molecule has 0 aliphatic carbocycles. The van der Waals surface area contributed by atoms with E-state index in [2.05, 4.69) is 20.0 Å². The number of nitrogens with two attached hydrogens (primary N) is 1. The van der Waals surface area contributed by atoms with E-state index < -0.39 is 12.0 Å². The molecule has 0 saturated carbocycles. The lowest BCUT2D eigenvalue weighted by Gasteiger charge is -2.37. The van der Waals surface area contributed by atoms with Crippen molar-refractivity contribution in [2.45, 2.75) is 13.0 Å². The number of carboxylic acids is 1. The second kappa shape index (κ2) is 6.30. The van der Waals surface area contributed by atoms with Crippen LogP contribution in [0.25, 0.3) is 17.2 Å². The largest absolute Gasteiger partial charge is 0.480 e. The number of piperazine rings is 1. The van der Waals surface area contributed by atoms with Crippen LogP contribution in [0.3, 0.4) is 0 Å². The highest BCUT2D eigenvalue weighted by atomic mass is 16.4. The van der Waals surface area contributed by atoms with Crippen molar-refractivity contribution in [1.82, 2.24) is 24.5 Å². The highest BCUT2D eigenvalue weighted by Crippen LogP contribution is 2.22. The van der Waals surface area contributed by atoms with Crippen LogP contribution >= 0.6 is 0 Å². The van der Waals surface area contributed by atoms with E-state index in [1.54, 1.807) is 25.3 Å². The Bertz CT molecular complexity index is 929. The van der Waals surface area contributed by atoms with Crippen molar-refractivity contribution >= 4 is 23.4 Å². The van der Waals surface area contributed by atoms with Gasteiger partial charge >= 0.3 is 5.97 Å². The molecule has 1 aliphatic rings. The molecule has 0 radical (unpaired) electrons. The third-order valence-electron chi connectivity index (χ3n) is 4.62. The molecule has 26 heavy (non-hydrogen) atoms. The summed E-state index contributed by atoms with van der Waals surface area (Å²) in [5.41, 5.74) is 6.63. The van der Waals surface area contributed by atoms with Crippen molar-refractivity contribution in [2.75, 3.05) is 36.8 Å². The minimum Gasteiger partial charge on any atom is -0.480 e. The Morgan fingerprint density at radius 3 is 2.73 bits per heavy atom. The first-order valence-electron chi connectivity index (χ1n) is 8.32. The number of nitrogen functional groups attached to an aromatic ring is 1. The number of aliphatic carboxylic acids is 1. The van der Waals surface area contributed by atoms with Crippen LogP contribution in [-0.4, -0.2) is 67.8 Å². The van der Waals surface area contributed by atoms with Gasteiger partial charge in [-0.15, -0.1) is 5.10 Å². The van der Waals surface area contributed by atoms with E-state index in [9.17, 15) is 4.79 Å². The van der Waals surface area contributed by atoms with Gasteiger partial charge < -0.3 is 20.2 Å². The first kappa shape index (κ1) is 16.3. The minimum atomic E-state index is -0.809. The van der Waals surface area contributed by atoms with Gasteiger partial charge in [0.1, 0.15) is 11.9 Å². The maximum absolute atomic E-state index is 11.1. The van der Waals surface area contributed by atoms with Crippen molar-refractivity contribution in [2.24, 2.45) is 0 Å². The molecule has 1 saturated heterocycles. The maximum atomic E-state index is 11.1. The second-order valence-corrected chi connectivity index (χ2v) is 6.19. The molecule has 10 nitrogen and oxygen atoms in total. The van der Waals surface area contributed by atoms with Gasteiger partial charge in [-0.2, -0.15) is 9.50 Å². The van der Waals surface area contributed by atoms with Crippen molar-refractivity contribution in [3.05, 3.63) is 24.5 Å². The monoisotopic (exact) mass is 357 g/mol. The van der Waals surface area contributed by atoms with E-state index in [0.717, 1.165) is 0 Å². The Morgan fingerprint density at radius 2 is 2.08 bits per heavy atom. The predicted octanol–water partition coefficient (Wildman–Crippen LogP) is 0.562. The number of carboxylic acid groups (broad SMARTS) is 1. The predicted molar refractivity (Wildman–Crippen MR) is 93.8 cm³/mol. The number of nitrogens with zero attached hydrogens (tertiary/aromatic N) is 6. The molecular weight excluding hydrogens is 338 g/mol. The third kappa shape index (κ3) is 2.84. The molecule has 1 atom stereocenters. The van der Waals surface area contributed by atoms with E-state index >= 15 is 0 Å². The Hall–Kier alpha value is -3.14. The fourth-order valence-electron chi connectivity index (χ4n) is 3.07. The van der Waals surface area contributed by atoms with Crippen LogP contribution in [0, 0.1) is 0 Å². The zero-order valence-electron chi connectivity index (χ0n) is 14.2. The average molecular weight is 357 g/mol. The molecule has 4 rings (SSSR count). The van der Waals surface area contributed by atoms with Gasteiger partial charge in [0.05, 0.1) is 6.26 Å². The molecule has 1 aliphatic heterocycles. The van der Waals surface area contributed by atoms with Gasteiger partial charge in [0.25, 0.3) is 0 Å². The molecule has 1 unspecified atom stereocenters. The lowest BCUT2D eigenvalue weighted by atomic mass is 10.2. The summed E-state index contributed by atoms with van der Waals surface area (Å²) in [4.78, 5) is 24.0. The van der Waals surface area contributed by atoms with Gasteiger partial charge in [-0.05, 0) is 19.1 Å². The first-order chi connectivity index (χ1) is 12.5. The van der Waals surface area contributed by atoms with Gasteiger partial charge in [0.2, 0.25) is 11.8 Å². The van der Waals surface area contributed by atoms with E-state index in [1.165, 1.54) is 4.52 Å². The number of rotatable bonds is 4. The van der Waals surface area contributed by atoms with Crippen LogP contribution < -0.4 is 10.6 Å². The van der Waals surface area contributed by atoms with Crippen molar-refractivity contribution < 1.29 is 14.3 Å². The molecule has 1 fully saturated rings. The van der Waals surface area contributed by atoms with E-state index in [1.807, 2.05) is 11.0 Å². The molecule has 0 aromatic carbocycles. The Balaban J connectivity index is 1.57. The summed E-state index contributed by atoms with van der Waals surface area (Å²) in [7, 11) is 0. The summed E-state index contributed by atoms with van der Waals surface area (Å²) >= 11 is 0. The van der Waals surface area contributed by atoms with E-state index in [-0.39, 0.29) is 5.95 Å². The topological polar surface area (TPSA) is 126 Å². The Kier molecular flexibility index (Phi) is 3.96. The highest BCUT2D eigenvalue weighted by molar-refractivity contribution is 5.73. The van der Waals surface area contributed by atoms with Crippen LogP contribution in [0.15, 0.2) is 28.9 Å². The zero-order chi connectivity index (χ0) is 18.3. The summed E-state index contributed by atoms with van der Waals surface area (Å²) in [6, 6.07) is 4.88. The lowest BCUT2D eigenvalue weighted by Crippen LogP contribution is -2.52. The number of fused-ring (bicyclic) bond motifs is 1. The molecular formula is C16H19N7O3. The van der Waals surface area contributed by atoms with Crippen LogP contribution in [-0.2, 0) is 4.79 Å². The zero-order valence-corrected chi connectivity index (χ0v) is 14.2.